The highest BCUT2D eigenvalue weighted by molar-refractivity contribution is 5.75. The molecule has 20 heavy (non-hydrogen) atoms. The van der Waals surface area contributed by atoms with Crippen LogP contribution in [0.5, 0.6) is 0 Å². The highest BCUT2D eigenvalue weighted by Gasteiger charge is 2.15. The second kappa shape index (κ2) is 7.59. The SMILES string of the molecule is Cc1nn(CCC(=O)NCCCN(C)C)cc1[N+](=O)[O-]. The number of hydrogen-bond donors (Lipinski definition) is 1. The zero-order chi connectivity index (χ0) is 15.1. The number of nitro groups is 1. The minimum absolute atomic E-state index is 0.0172. The third-order valence-corrected chi connectivity index (χ3v) is 2.79. The van der Waals surface area contributed by atoms with Gasteiger partial charge in [-0.1, -0.05) is 0 Å². The van der Waals surface area contributed by atoms with E-state index >= 15 is 0 Å². The van der Waals surface area contributed by atoms with E-state index in [1.54, 1.807) is 6.92 Å². The van der Waals surface area contributed by atoms with Crippen LogP contribution in [0.15, 0.2) is 6.20 Å². The van der Waals surface area contributed by atoms with E-state index in [9.17, 15) is 14.9 Å². The van der Waals surface area contributed by atoms with E-state index in [1.807, 2.05) is 14.1 Å². The van der Waals surface area contributed by atoms with Gasteiger partial charge in [-0.15, -0.1) is 0 Å². The standard InChI is InChI=1S/C12H21N5O3/c1-10-11(17(19)20)9-16(14-10)8-5-12(18)13-6-4-7-15(2)3/h9H,4-8H2,1-3H3,(H,13,18). The number of aryl methyl sites for hydroxylation is 2. The molecule has 0 spiro atoms. The molecule has 112 valence electrons. The van der Waals surface area contributed by atoms with E-state index in [1.165, 1.54) is 10.9 Å². The average Bonchev–Trinajstić information content (AvgIpc) is 2.73. The van der Waals surface area contributed by atoms with Crippen LogP contribution in [0.4, 0.5) is 5.69 Å². The third kappa shape index (κ3) is 5.35. The second-order valence-corrected chi connectivity index (χ2v) is 4.88. The minimum Gasteiger partial charge on any atom is -0.356 e. The van der Waals surface area contributed by atoms with Crippen molar-refractivity contribution in [3.05, 3.63) is 22.0 Å². The topological polar surface area (TPSA) is 93.3 Å². The summed E-state index contributed by atoms with van der Waals surface area (Å²) >= 11 is 0. The maximum absolute atomic E-state index is 11.6. The molecule has 0 unspecified atom stereocenters. The molecule has 0 aliphatic carbocycles. The fraction of sp³-hybridized carbons (Fsp3) is 0.667. The number of rotatable bonds is 8. The van der Waals surface area contributed by atoms with Gasteiger partial charge in [0.2, 0.25) is 5.91 Å². The van der Waals surface area contributed by atoms with Crippen molar-refractivity contribution in [2.45, 2.75) is 26.3 Å². The van der Waals surface area contributed by atoms with E-state index in [-0.39, 0.29) is 18.0 Å². The lowest BCUT2D eigenvalue weighted by Gasteiger charge is -2.09. The number of hydrogen-bond acceptors (Lipinski definition) is 5. The van der Waals surface area contributed by atoms with Gasteiger partial charge in [0.05, 0.1) is 4.92 Å². The number of carbonyl (C=O) groups excluding carboxylic acids is 1. The molecule has 1 heterocycles. The zero-order valence-corrected chi connectivity index (χ0v) is 12.1. The predicted molar refractivity (Wildman–Crippen MR) is 74.4 cm³/mol. The molecule has 1 amide bonds. The van der Waals surface area contributed by atoms with Crippen LogP contribution in [0.1, 0.15) is 18.5 Å². The molecule has 0 saturated carbocycles. The van der Waals surface area contributed by atoms with Crippen molar-refractivity contribution in [2.75, 3.05) is 27.2 Å². The Morgan fingerprint density at radius 3 is 2.80 bits per heavy atom. The molecule has 0 radical (unpaired) electrons. The molecule has 0 saturated heterocycles. The quantitative estimate of drug-likeness (QED) is 0.427. The van der Waals surface area contributed by atoms with Crippen molar-refractivity contribution >= 4 is 11.6 Å². The molecule has 1 N–H and O–H groups in total. The molecule has 1 rings (SSSR count). The summed E-state index contributed by atoms with van der Waals surface area (Å²) in [6.07, 6.45) is 2.51. The van der Waals surface area contributed by atoms with Gasteiger partial charge in [0, 0.05) is 19.5 Å². The van der Waals surface area contributed by atoms with Gasteiger partial charge in [-0.3, -0.25) is 19.6 Å². The summed E-state index contributed by atoms with van der Waals surface area (Å²) in [5, 5.41) is 17.5. The van der Waals surface area contributed by atoms with Crippen molar-refractivity contribution in [1.29, 1.82) is 0 Å². The first-order valence-electron chi connectivity index (χ1n) is 6.50. The van der Waals surface area contributed by atoms with Gasteiger partial charge >= 0.3 is 5.69 Å². The van der Waals surface area contributed by atoms with E-state index in [0.29, 0.717) is 18.8 Å². The van der Waals surface area contributed by atoms with Crippen molar-refractivity contribution in [2.24, 2.45) is 0 Å². The predicted octanol–water partition coefficient (Wildman–Crippen LogP) is 0.558. The van der Waals surface area contributed by atoms with Gasteiger partial charge in [-0.2, -0.15) is 5.10 Å². The Morgan fingerprint density at radius 2 is 2.25 bits per heavy atom. The highest BCUT2D eigenvalue weighted by Crippen LogP contribution is 2.14. The van der Waals surface area contributed by atoms with Gasteiger partial charge in [0.25, 0.3) is 0 Å². The van der Waals surface area contributed by atoms with E-state index in [4.69, 9.17) is 0 Å². The van der Waals surface area contributed by atoms with Crippen LogP contribution in [0, 0.1) is 17.0 Å². The lowest BCUT2D eigenvalue weighted by atomic mass is 10.3. The van der Waals surface area contributed by atoms with Crippen molar-refractivity contribution in [3.8, 4) is 0 Å². The van der Waals surface area contributed by atoms with Crippen LogP contribution in [0.3, 0.4) is 0 Å². The zero-order valence-electron chi connectivity index (χ0n) is 12.1. The molecule has 0 fully saturated rings. The molecule has 0 aromatic carbocycles. The Kier molecular flexibility index (Phi) is 6.10. The van der Waals surface area contributed by atoms with Crippen LogP contribution < -0.4 is 5.32 Å². The molecular formula is C12H21N5O3. The summed E-state index contributed by atoms with van der Waals surface area (Å²) < 4.78 is 1.44. The molecule has 0 atom stereocenters. The van der Waals surface area contributed by atoms with Crippen molar-refractivity contribution in [1.82, 2.24) is 20.0 Å². The Bertz CT molecular complexity index is 470. The molecule has 0 aliphatic heterocycles. The van der Waals surface area contributed by atoms with Crippen LogP contribution >= 0.6 is 0 Å². The molecule has 1 aromatic heterocycles. The van der Waals surface area contributed by atoms with Gasteiger partial charge in [0.15, 0.2) is 0 Å². The van der Waals surface area contributed by atoms with Crippen LogP contribution in [-0.4, -0.2) is 52.7 Å². The van der Waals surface area contributed by atoms with Crippen LogP contribution in [0.25, 0.3) is 0 Å². The Labute approximate surface area is 117 Å². The summed E-state index contributed by atoms with van der Waals surface area (Å²) in [6.45, 7) is 3.48. The highest BCUT2D eigenvalue weighted by atomic mass is 16.6. The van der Waals surface area contributed by atoms with Crippen molar-refractivity contribution < 1.29 is 9.72 Å². The van der Waals surface area contributed by atoms with Crippen LogP contribution in [0.2, 0.25) is 0 Å². The number of amides is 1. The fourth-order valence-corrected chi connectivity index (χ4v) is 1.73. The normalized spacial score (nSPS) is 10.8. The summed E-state index contributed by atoms with van der Waals surface area (Å²) in [5.74, 6) is -0.0698. The smallest absolute Gasteiger partial charge is 0.309 e. The monoisotopic (exact) mass is 283 g/mol. The van der Waals surface area contributed by atoms with Gasteiger partial charge in [-0.25, -0.2) is 0 Å². The largest absolute Gasteiger partial charge is 0.356 e. The lowest BCUT2D eigenvalue weighted by Crippen LogP contribution is -2.27. The first-order chi connectivity index (χ1) is 9.40. The summed E-state index contributed by atoms with van der Waals surface area (Å²) in [5.41, 5.74) is 0.345. The number of aromatic nitrogens is 2. The number of nitrogens with one attached hydrogen (secondary N) is 1. The van der Waals surface area contributed by atoms with E-state index in [2.05, 4.69) is 15.3 Å². The molecule has 0 aliphatic rings. The van der Waals surface area contributed by atoms with Crippen molar-refractivity contribution in [3.63, 3.8) is 0 Å². The van der Waals surface area contributed by atoms with Gasteiger partial charge in [0.1, 0.15) is 11.9 Å². The third-order valence-electron chi connectivity index (χ3n) is 2.79. The minimum atomic E-state index is -0.472. The van der Waals surface area contributed by atoms with E-state index in [0.717, 1.165) is 13.0 Å². The fourth-order valence-electron chi connectivity index (χ4n) is 1.73. The second-order valence-electron chi connectivity index (χ2n) is 4.88. The molecular weight excluding hydrogens is 262 g/mol. The Balaban J connectivity index is 2.30. The molecule has 0 bridgehead atoms. The number of carbonyl (C=O) groups is 1. The molecule has 1 aromatic rings. The Hall–Kier alpha value is -1.96. The summed E-state index contributed by atoms with van der Waals surface area (Å²) in [7, 11) is 3.96. The lowest BCUT2D eigenvalue weighted by molar-refractivity contribution is -0.385. The number of nitrogens with zero attached hydrogens (tertiary/aromatic N) is 4. The summed E-state index contributed by atoms with van der Waals surface area (Å²) in [4.78, 5) is 23.8. The maximum atomic E-state index is 11.6. The maximum Gasteiger partial charge on any atom is 0.309 e. The van der Waals surface area contributed by atoms with Crippen LogP contribution in [-0.2, 0) is 11.3 Å². The van der Waals surface area contributed by atoms with Gasteiger partial charge in [-0.05, 0) is 34.0 Å². The molecule has 8 heteroatoms. The summed E-state index contributed by atoms with van der Waals surface area (Å²) in [6, 6.07) is 0. The molecule has 8 nitrogen and oxygen atoms in total. The Morgan fingerprint density at radius 1 is 1.55 bits per heavy atom. The average molecular weight is 283 g/mol. The van der Waals surface area contributed by atoms with Gasteiger partial charge < -0.3 is 10.2 Å². The first kappa shape index (κ1) is 16.1. The first-order valence-corrected chi connectivity index (χ1v) is 6.50. The van der Waals surface area contributed by atoms with E-state index < -0.39 is 4.92 Å².